The lowest BCUT2D eigenvalue weighted by Gasteiger charge is -2.21. The van der Waals surface area contributed by atoms with Gasteiger partial charge in [-0.2, -0.15) is 0 Å². The maximum Gasteiger partial charge on any atom is 0.190 e. The third-order valence-corrected chi connectivity index (χ3v) is 6.25. The van der Waals surface area contributed by atoms with Gasteiger partial charge in [0, 0.05) is 36.7 Å². The molecule has 0 radical (unpaired) electrons. The van der Waals surface area contributed by atoms with E-state index in [2.05, 4.69) is 44.2 Å². The molecule has 7 heteroatoms. The number of fused-ring (bicyclic) bond motifs is 1. The molecule has 0 spiro atoms. The van der Waals surface area contributed by atoms with Crippen LogP contribution in [0.5, 0.6) is 0 Å². The monoisotopic (exact) mass is 402 g/mol. The third kappa shape index (κ3) is 3.97. The van der Waals surface area contributed by atoms with E-state index in [4.69, 9.17) is 4.98 Å². The van der Waals surface area contributed by atoms with Crippen molar-refractivity contribution in [3.05, 3.63) is 60.6 Å². The average Bonchev–Trinajstić information content (AvgIpc) is 3.33. The van der Waals surface area contributed by atoms with Crippen LogP contribution >= 0.6 is 11.3 Å². The Morgan fingerprint density at radius 1 is 1.10 bits per heavy atom. The largest absolute Gasteiger partial charge is 0.316 e. The van der Waals surface area contributed by atoms with Crippen LogP contribution in [-0.2, 0) is 6.54 Å². The van der Waals surface area contributed by atoms with Gasteiger partial charge in [0.05, 0.1) is 5.69 Å². The molecule has 5 rings (SSSR count). The number of likely N-dealkylation sites (tertiary alicyclic amines) is 1. The maximum absolute atomic E-state index is 4.76. The van der Waals surface area contributed by atoms with Gasteiger partial charge in [0.15, 0.2) is 5.13 Å². The predicted molar refractivity (Wildman–Crippen MR) is 117 cm³/mol. The Bertz CT molecular complexity index is 1130. The summed E-state index contributed by atoms with van der Waals surface area (Å²) in [6.07, 6.45) is 8.00. The molecule has 1 aliphatic heterocycles. The second-order valence-electron chi connectivity index (χ2n) is 7.41. The number of nitrogens with zero attached hydrogens (tertiary/aromatic N) is 5. The van der Waals surface area contributed by atoms with Gasteiger partial charge in [-0.25, -0.2) is 15.0 Å². The summed E-state index contributed by atoms with van der Waals surface area (Å²) in [5, 5.41) is 4.16. The zero-order chi connectivity index (χ0) is 19.6. The second kappa shape index (κ2) is 7.85. The Morgan fingerprint density at radius 2 is 2.00 bits per heavy atom. The van der Waals surface area contributed by atoms with Gasteiger partial charge in [0.2, 0.25) is 0 Å². The van der Waals surface area contributed by atoms with Crippen LogP contribution in [-0.4, -0.2) is 37.4 Å². The summed E-state index contributed by atoms with van der Waals surface area (Å²) in [4.78, 5) is 21.4. The van der Waals surface area contributed by atoms with Gasteiger partial charge in [-0.3, -0.25) is 9.88 Å². The molecule has 1 N–H and O–H groups in total. The number of rotatable bonds is 5. The van der Waals surface area contributed by atoms with E-state index in [1.165, 1.54) is 24.9 Å². The summed E-state index contributed by atoms with van der Waals surface area (Å²) in [7, 11) is 0. The van der Waals surface area contributed by atoms with E-state index in [-0.39, 0.29) is 0 Å². The van der Waals surface area contributed by atoms with E-state index in [0.717, 1.165) is 39.1 Å². The molecule has 146 valence electrons. The molecule has 4 aromatic rings. The first-order chi connectivity index (χ1) is 14.2. The highest BCUT2D eigenvalue weighted by molar-refractivity contribution is 7.21. The van der Waals surface area contributed by atoms with Gasteiger partial charge in [-0.05, 0) is 68.3 Å². The summed E-state index contributed by atoms with van der Waals surface area (Å²) in [6.45, 7) is 4.45. The van der Waals surface area contributed by atoms with Crippen LogP contribution in [0, 0.1) is 0 Å². The molecule has 0 unspecified atom stereocenters. The molecule has 6 nitrogen and oxygen atoms in total. The number of nitrogens with one attached hydrogen (secondary N) is 1. The molecule has 0 aliphatic carbocycles. The fraction of sp³-hybridized carbons (Fsp3) is 0.273. The summed E-state index contributed by atoms with van der Waals surface area (Å²) in [6, 6.07) is 12.8. The highest BCUT2D eigenvalue weighted by Gasteiger charge is 2.20. The molecule has 1 aliphatic rings. The van der Waals surface area contributed by atoms with Crippen molar-refractivity contribution in [2.24, 2.45) is 0 Å². The molecular weight excluding hydrogens is 380 g/mol. The highest BCUT2D eigenvalue weighted by atomic mass is 32.1. The Hall–Kier alpha value is -2.90. The molecule has 4 aromatic heterocycles. The summed E-state index contributed by atoms with van der Waals surface area (Å²) >= 11 is 1.54. The lowest BCUT2D eigenvalue weighted by Crippen LogP contribution is -2.26. The van der Waals surface area contributed by atoms with Crippen LogP contribution in [0.2, 0.25) is 0 Å². The molecule has 1 fully saturated rings. The minimum absolute atomic E-state index is 0.657. The van der Waals surface area contributed by atoms with E-state index in [1.807, 2.05) is 30.5 Å². The first kappa shape index (κ1) is 18.1. The van der Waals surface area contributed by atoms with Crippen LogP contribution in [0.1, 0.15) is 25.3 Å². The zero-order valence-corrected chi connectivity index (χ0v) is 17.1. The molecule has 0 bridgehead atoms. The standard InChI is InChI=1S/C22H22N6S/c1-15-3-2-12-28(15)14-16-6-11-24-20(13-16)27-22-26-19-5-4-18(25-21(19)29-22)17-7-9-23-10-8-17/h4-11,13,15H,2-3,12,14H2,1H3,(H,24,26,27)/t15-/m1/s1. The Kier molecular flexibility index (Phi) is 4.91. The lowest BCUT2D eigenvalue weighted by atomic mass is 10.2. The van der Waals surface area contributed by atoms with Crippen molar-refractivity contribution in [3.8, 4) is 11.3 Å². The van der Waals surface area contributed by atoms with E-state index >= 15 is 0 Å². The Labute approximate surface area is 173 Å². The van der Waals surface area contributed by atoms with E-state index in [9.17, 15) is 0 Å². The molecule has 1 atom stereocenters. The highest BCUT2D eigenvalue weighted by Crippen LogP contribution is 2.29. The third-order valence-electron chi connectivity index (χ3n) is 5.37. The minimum Gasteiger partial charge on any atom is -0.316 e. The fourth-order valence-electron chi connectivity index (χ4n) is 3.77. The number of pyridine rings is 3. The number of thiazole rings is 1. The average molecular weight is 403 g/mol. The van der Waals surface area contributed by atoms with Gasteiger partial charge in [0.1, 0.15) is 16.2 Å². The van der Waals surface area contributed by atoms with Crippen molar-refractivity contribution in [2.45, 2.75) is 32.4 Å². The molecule has 0 saturated carbocycles. The van der Waals surface area contributed by atoms with Gasteiger partial charge in [-0.15, -0.1) is 0 Å². The lowest BCUT2D eigenvalue weighted by molar-refractivity contribution is 0.260. The van der Waals surface area contributed by atoms with Crippen LogP contribution in [0.4, 0.5) is 10.9 Å². The molecule has 1 saturated heterocycles. The van der Waals surface area contributed by atoms with Crippen molar-refractivity contribution in [1.29, 1.82) is 0 Å². The molecular formula is C22H22N6S. The summed E-state index contributed by atoms with van der Waals surface area (Å²) in [5.41, 5.74) is 4.14. The number of hydrogen-bond acceptors (Lipinski definition) is 7. The second-order valence-corrected chi connectivity index (χ2v) is 8.39. The van der Waals surface area contributed by atoms with Gasteiger partial charge in [-0.1, -0.05) is 11.3 Å². The summed E-state index contributed by atoms with van der Waals surface area (Å²) < 4.78 is 0. The fourth-order valence-corrected chi connectivity index (χ4v) is 4.61. The smallest absolute Gasteiger partial charge is 0.190 e. The van der Waals surface area contributed by atoms with Crippen molar-refractivity contribution < 1.29 is 0 Å². The normalized spacial score (nSPS) is 17.1. The summed E-state index contributed by atoms with van der Waals surface area (Å²) in [5.74, 6) is 0.822. The molecule has 0 amide bonds. The van der Waals surface area contributed by atoms with Crippen molar-refractivity contribution in [1.82, 2.24) is 24.8 Å². The van der Waals surface area contributed by atoms with Gasteiger partial charge < -0.3 is 5.32 Å². The van der Waals surface area contributed by atoms with Gasteiger partial charge in [0.25, 0.3) is 0 Å². The number of anilines is 2. The Morgan fingerprint density at radius 3 is 2.83 bits per heavy atom. The van der Waals surface area contributed by atoms with Crippen LogP contribution in [0.25, 0.3) is 21.6 Å². The van der Waals surface area contributed by atoms with Gasteiger partial charge >= 0.3 is 0 Å². The first-order valence-electron chi connectivity index (χ1n) is 9.88. The van der Waals surface area contributed by atoms with E-state index in [0.29, 0.717) is 6.04 Å². The van der Waals surface area contributed by atoms with Crippen LogP contribution in [0.15, 0.2) is 55.0 Å². The molecule has 29 heavy (non-hydrogen) atoms. The topological polar surface area (TPSA) is 66.8 Å². The van der Waals surface area contributed by atoms with Crippen LogP contribution in [0.3, 0.4) is 0 Å². The SMILES string of the molecule is C[C@@H]1CCCN1Cc1ccnc(Nc2nc3ccc(-c4ccncc4)nc3s2)c1. The number of aromatic nitrogens is 4. The quantitative estimate of drug-likeness (QED) is 0.513. The maximum atomic E-state index is 4.76. The molecule has 0 aromatic carbocycles. The van der Waals surface area contributed by atoms with Crippen molar-refractivity contribution in [3.63, 3.8) is 0 Å². The Balaban J connectivity index is 1.35. The van der Waals surface area contributed by atoms with Crippen LogP contribution < -0.4 is 5.32 Å². The number of hydrogen-bond donors (Lipinski definition) is 1. The zero-order valence-electron chi connectivity index (χ0n) is 16.2. The minimum atomic E-state index is 0.657. The van der Waals surface area contributed by atoms with E-state index in [1.54, 1.807) is 23.7 Å². The molecule has 5 heterocycles. The van der Waals surface area contributed by atoms with E-state index < -0.39 is 0 Å². The van der Waals surface area contributed by atoms with Crippen molar-refractivity contribution >= 4 is 32.6 Å². The first-order valence-corrected chi connectivity index (χ1v) is 10.7. The van der Waals surface area contributed by atoms with Crippen molar-refractivity contribution in [2.75, 3.05) is 11.9 Å². The predicted octanol–water partition coefficient (Wildman–Crippen LogP) is 4.88.